The van der Waals surface area contributed by atoms with E-state index < -0.39 is 23.9 Å². The van der Waals surface area contributed by atoms with Gasteiger partial charge in [0.25, 0.3) is 0 Å². The highest BCUT2D eigenvalue weighted by atomic mass is 19.1. The van der Waals surface area contributed by atoms with Crippen molar-refractivity contribution in [2.45, 2.75) is 6.04 Å². The minimum Gasteiger partial charge on any atom is -0.466 e. The molecule has 1 atom stereocenters. The van der Waals surface area contributed by atoms with Crippen LogP contribution in [0.5, 0.6) is 0 Å². The highest BCUT2D eigenvalue weighted by Gasteiger charge is 2.34. The van der Waals surface area contributed by atoms with Gasteiger partial charge in [-0.15, -0.1) is 0 Å². The lowest BCUT2D eigenvalue weighted by atomic mass is 9.95. The zero-order chi connectivity index (χ0) is 22.7. The summed E-state index contributed by atoms with van der Waals surface area (Å²) in [6.45, 7) is 3.19. The van der Waals surface area contributed by atoms with E-state index in [9.17, 15) is 18.4 Å². The van der Waals surface area contributed by atoms with Crippen LogP contribution in [0.15, 0.2) is 59.8 Å². The number of esters is 1. The molecule has 1 fully saturated rings. The molecule has 0 radical (unpaired) electrons. The van der Waals surface area contributed by atoms with Crippen molar-refractivity contribution >= 4 is 17.7 Å². The van der Waals surface area contributed by atoms with Crippen LogP contribution in [0.25, 0.3) is 0 Å². The second-order valence-corrected chi connectivity index (χ2v) is 7.71. The zero-order valence-corrected chi connectivity index (χ0v) is 17.6. The van der Waals surface area contributed by atoms with Crippen LogP contribution in [0.3, 0.4) is 0 Å². The summed E-state index contributed by atoms with van der Waals surface area (Å²) in [7, 11) is 1.28. The van der Waals surface area contributed by atoms with Crippen LogP contribution in [0, 0.1) is 11.6 Å². The molecule has 0 saturated carbocycles. The maximum Gasteiger partial charge on any atom is 0.338 e. The minimum atomic E-state index is -0.743. The number of urea groups is 1. The van der Waals surface area contributed by atoms with Crippen LogP contribution in [-0.2, 0) is 9.53 Å². The smallest absolute Gasteiger partial charge is 0.338 e. The number of methoxy groups -OCH3 is 1. The first kappa shape index (κ1) is 21.8. The molecule has 0 aliphatic carbocycles. The summed E-state index contributed by atoms with van der Waals surface area (Å²) in [4.78, 5) is 29.3. The van der Waals surface area contributed by atoms with Crippen molar-refractivity contribution < 1.29 is 23.1 Å². The first-order valence-corrected chi connectivity index (χ1v) is 10.3. The van der Waals surface area contributed by atoms with Crippen LogP contribution in [0.1, 0.15) is 11.6 Å². The van der Waals surface area contributed by atoms with E-state index >= 15 is 0 Å². The topological polar surface area (TPSA) is 73.9 Å². The lowest BCUT2D eigenvalue weighted by molar-refractivity contribution is -0.136. The van der Waals surface area contributed by atoms with Gasteiger partial charge in [-0.25, -0.2) is 18.4 Å². The number of hydrogen-bond donors (Lipinski definition) is 2. The first-order valence-electron chi connectivity index (χ1n) is 10.3. The Hall–Kier alpha value is -3.46. The van der Waals surface area contributed by atoms with E-state index in [0.29, 0.717) is 36.5 Å². The number of anilines is 1. The molecule has 2 aliphatic heterocycles. The molecule has 2 heterocycles. The highest BCUT2D eigenvalue weighted by molar-refractivity contribution is 5.95. The fourth-order valence-corrected chi connectivity index (χ4v) is 4.04. The number of amides is 2. The van der Waals surface area contributed by atoms with Crippen LogP contribution >= 0.6 is 0 Å². The van der Waals surface area contributed by atoms with Crippen LogP contribution in [-0.4, -0.2) is 56.7 Å². The molecule has 2 aromatic carbocycles. The quantitative estimate of drug-likeness (QED) is 0.697. The Morgan fingerprint density at radius 2 is 1.59 bits per heavy atom. The summed E-state index contributed by atoms with van der Waals surface area (Å²) in [6.07, 6.45) is 0. The third-order valence-corrected chi connectivity index (χ3v) is 5.71. The van der Waals surface area contributed by atoms with Gasteiger partial charge in [-0.3, -0.25) is 4.90 Å². The van der Waals surface area contributed by atoms with Gasteiger partial charge in [0, 0.05) is 44.1 Å². The average molecular weight is 442 g/mol. The van der Waals surface area contributed by atoms with E-state index in [-0.39, 0.29) is 5.82 Å². The molecule has 4 rings (SSSR count). The molecule has 0 aromatic heterocycles. The number of nitrogens with one attached hydrogen (secondary N) is 2. The second kappa shape index (κ2) is 9.35. The van der Waals surface area contributed by atoms with Gasteiger partial charge in [0.2, 0.25) is 0 Å². The number of halogens is 2. The van der Waals surface area contributed by atoms with Gasteiger partial charge in [0.15, 0.2) is 0 Å². The number of carbonyl (C=O) groups excluding carboxylic acids is 2. The SMILES string of the molecule is COC(=O)C1=C(CN2CCN(c3ccc(F)cc3)CC2)NC(=O)NC1c1ccc(F)cc1. The Balaban J connectivity index is 1.53. The lowest BCUT2D eigenvalue weighted by Crippen LogP contribution is -2.51. The largest absolute Gasteiger partial charge is 0.466 e. The van der Waals surface area contributed by atoms with Crippen molar-refractivity contribution in [3.05, 3.63) is 77.0 Å². The summed E-state index contributed by atoms with van der Waals surface area (Å²) in [5, 5.41) is 5.48. The molecule has 32 heavy (non-hydrogen) atoms. The molecule has 7 nitrogen and oxygen atoms in total. The van der Waals surface area contributed by atoms with E-state index in [1.54, 1.807) is 12.1 Å². The Labute approximate surface area is 184 Å². The number of rotatable bonds is 5. The Morgan fingerprint density at radius 3 is 2.19 bits per heavy atom. The van der Waals surface area contributed by atoms with Gasteiger partial charge < -0.3 is 20.3 Å². The van der Waals surface area contributed by atoms with E-state index in [0.717, 1.165) is 18.8 Å². The maximum atomic E-state index is 13.4. The molecule has 0 bridgehead atoms. The Kier molecular flexibility index (Phi) is 6.36. The summed E-state index contributed by atoms with van der Waals surface area (Å²) in [5.41, 5.74) is 2.29. The van der Waals surface area contributed by atoms with Crippen LogP contribution in [0.2, 0.25) is 0 Å². The first-order chi connectivity index (χ1) is 15.4. The van der Waals surface area contributed by atoms with Gasteiger partial charge in [-0.05, 0) is 42.0 Å². The molecule has 2 N–H and O–H groups in total. The number of piperazine rings is 1. The normalized spacial score (nSPS) is 19.4. The molecular weight excluding hydrogens is 418 g/mol. The predicted octanol–water partition coefficient (Wildman–Crippen LogP) is 2.57. The number of hydrogen-bond acceptors (Lipinski definition) is 5. The summed E-state index contributed by atoms with van der Waals surface area (Å²) in [5.74, 6) is -1.24. The fraction of sp³-hybridized carbons (Fsp3) is 0.304. The van der Waals surface area contributed by atoms with E-state index in [1.165, 1.54) is 43.5 Å². The fourth-order valence-electron chi connectivity index (χ4n) is 4.04. The molecule has 2 amide bonds. The maximum absolute atomic E-state index is 13.4. The monoisotopic (exact) mass is 442 g/mol. The summed E-state index contributed by atoms with van der Waals surface area (Å²) >= 11 is 0. The molecule has 2 aromatic rings. The highest BCUT2D eigenvalue weighted by Crippen LogP contribution is 2.28. The number of ether oxygens (including phenoxy) is 1. The number of benzene rings is 2. The molecule has 2 aliphatic rings. The third-order valence-electron chi connectivity index (χ3n) is 5.71. The molecule has 1 saturated heterocycles. The van der Waals surface area contributed by atoms with Crippen molar-refractivity contribution in [3.63, 3.8) is 0 Å². The molecule has 9 heteroatoms. The zero-order valence-electron chi connectivity index (χ0n) is 17.6. The molecule has 168 valence electrons. The molecule has 1 unspecified atom stereocenters. The van der Waals surface area contributed by atoms with Gasteiger partial charge in [-0.1, -0.05) is 12.1 Å². The summed E-state index contributed by atoms with van der Waals surface area (Å²) in [6, 6.07) is 10.8. The lowest BCUT2D eigenvalue weighted by Gasteiger charge is -2.38. The Bertz CT molecular complexity index is 1020. The van der Waals surface area contributed by atoms with Crippen molar-refractivity contribution in [1.82, 2.24) is 15.5 Å². The second-order valence-electron chi connectivity index (χ2n) is 7.71. The van der Waals surface area contributed by atoms with Crippen LogP contribution in [0.4, 0.5) is 19.3 Å². The third kappa shape index (κ3) is 4.72. The van der Waals surface area contributed by atoms with Crippen LogP contribution < -0.4 is 15.5 Å². The molecule has 0 spiro atoms. The van der Waals surface area contributed by atoms with Crippen molar-refractivity contribution in [2.24, 2.45) is 0 Å². The van der Waals surface area contributed by atoms with Crippen molar-refractivity contribution in [3.8, 4) is 0 Å². The van der Waals surface area contributed by atoms with E-state index in [4.69, 9.17) is 4.74 Å². The average Bonchev–Trinajstić information content (AvgIpc) is 2.80. The van der Waals surface area contributed by atoms with Gasteiger partial charge >= 0.3 is 12.0 Å². The van der Waals surface area contributed by atoms with Gasteiger partial charge in [0.05, 0.1) is 18.7 Å². The van der Waals surface area contributed by atoms with Gasteiger partial charge in [0.1, 0.15) is 11.6 Å². The minimum absolute atomic E-state index is 0.271. The van der Waals surface area contributed by atoms with E-state index in [1.807, 2.05) is 0 Å². The van der Waals surface area contributed by atoms with Gasteiger partial charge in [-0.2, -0.15) is 0 Å². The number of nitrogens with zero attached hydrogens (tertiary/aromatic N) is 2. The summed E-state index contributed by atoms with van der Waals surface area (Å²) < 4.78 is 31.5. The van der Waals surface area contributed by atoms with E-state index in [2.05, 4.69) is 20.4 Å². The standard InChI is InChI=1S/C23H24F2N4O3/c1-32-22(30)20-19(26-23(31)27-21(20)15-2-4-16(24)5-3-15)14-28-10-12-29(13-11-28)18-8-6-17(25)7-9-18/h2-9,21H,10-14H2,1H3,(H2,26,27,31). The van der Waals surface area contributed by atoms with Crippen molar-refractivity contribution in [2.75, 3.05) is 44.7 Å². The predicted molar refractivity (Wildman–Crippen MR) is 115 cm³/mol. The van der Waals surface area contributed by atoms with Crippen molar-refractivity contribution in [1.29, 1.82) is 0 Å². The molecular formula is C23H24F2N4O3. The Morgan fingerprint density at radius 1 is 1.00 bits per heavy atom. The number of carbonyl (C=O) groups is 2.